The Labute approximate surface area is 394 Å². The van der Waals surface area contributed by atoms with E-state index in [9.17, 15) is 0 Å². The summed E-state index contributed by atoms with van der Waals surface area (Å²) in [5.74, 6) is 1.61. The van der Waals surface area contributed by atoms with E-state index in [4.69, 9.17) is 9.47 Å². The van der Waals surface area contributed by atoms with Gasteiger partial charge in [-0.3, -0.25) is 0 Å². The van der Waals surface area contributed by atoms with Crippen molar-refractivity contribution in [2.24, 2.45) is 0 Å². The average Bonchev–Trinajstić information content (AvgIpc) is 3.27. The van der Waals surface area contributed by atoms with Gasteiger partial charge in [-0.1, -0.05) is 162 Å². The summed E-state index contributed by atoms with van der Waals surface area (Å²) in [6.45, 7) is 30.7. The van der Waals surface area contributed by atoms with Crippen LogP contribution in [-0.2, 0) is 21.7 Å². The molecule has 3 aliphatic heterocycles. The second kappa shape index (κ2) is 15.4. The minimum Gasteiger partial charge on any atom is -0.486 e. The molecule has 334 valence electrons. The Morgan fingerprint density at radius 2 is 0.894 bits per heavy atom. The first kappa shape index (κ1) is 43.7. The van der Waals surface area contributed by atoms with Gasteiger partial charge in [0.25, 0.3) is 6.71 Å². The van der Waals surface area contributed by atoms with Crippen LogP contribution in [0.3, 0.4) is 0 Å². The minimum absolute atomic E-state index is 0.0215. The maximum absolute atomic E-state index is 6.68. The van der Waals surface area contributed by atoms with Crippen molar-refractivity contribution in [2.75, 3.05) is 23.0 Å². The van der Waals surface area contributed by atoms with E-state index in [1.165, 1.54) is 77.8 Å². The van der Waals surface area contributed by atoms with E-state index >= 15 is 0 Å². The van der Waals surface area contributed by atoms with Gasteiger partial charge in [0.1, 0.15) is 13.2 Å². The summed E-state index contributed by atoms with van der Waals surface area (Å²) in [5, 5.41) is 0. The van der Waals surface area contributed by atoms with E-state index < -0.39 is 0 Å². The van der Waals surface area contributed by atoms with Crippen LogP contribution in [0.25, 0.3) is 22.3 Å². The zero-order valence-electron chi connectivity index (χ0n) is 41.4. The van der Waals surface area contributed by atoms with E-state index in [1.54, 1.807) is 0 Å². The van der Waals surface area contributed by atoms with Crippen LogP contribution in [0, 0.1) is 6.92 Å². The molecule has 0 fully saturated rings. The zero-order chi connectivity index (χ0) is 46.7. The van der Waals surface area contributed by atoms with E-state index in [2.05, 4.69) is 233 Å². The molecule has 0 N–H and O–H groups in total. The molecule has 0 atom stereocenters. The standard InChI is InChI=1S/C61H65BN2O2/c1-38-32-52-55-53(33-38)64(47-25-22-45(23-26-47)60(8,9)10)56-49(27-29-54-57(56)66-31-30-65-54)62(55)50-37-46(61(11,12)13)24-28-51(50)63(52)48-35-41(39-14-18-43(19-15-39)58(2,3)4)34-42(36-48)40-16-20-44(21-17-40)59(5,6)7/h14-29,32-37H,30-31H2,1-13H3. The van der Waals surface area contributed by atoms with Crippen LogP contribution in [0.4, 0.5) is 34.1 Å². The normalized spacial score (nSPS) is 14.5. The highest BCUT2D eigenvalue weighted by molar-refractivity contribution is 7.00. The van der Waals surface area contributed by atoms with Crippen molar-refractivity contribution in [1.82, 2.24) is 0 Å². The quantitative estimate of drug-likeness (QED) is 0.165. The number of hydrogen-bond donors (Lipinski definition) is 0. The van der Waals surface area contributed by atoms with Gasteiger partial charge < -0.3 is 19.3 Å². The second-order valence-electron chi connectivity index (χ2n) is 23.1. The number of fused-ring (bicyclic) bond motifs is 6. The highest BCUT2D eigenvalue weighted by atomic mass is 16.6. The number of ether oxygens (including phenoxy) is 2. The summed E-state index contributed by atoms with van der Waals surface area (Å²) < 4.78 is 13.0. The number of nitrogens with zero attached hydrogens (tertiary/aromatic N) is 2. The molecule has 0 aromatic heterocycles. The molecular weight excluding hydrogens is 803 g/mol. The lowest BCUT2D eigenvalue weighted by Gasteiger charge is -2.45. The predicted molar refractivity (Wildman–Crippen MR) is 282 cm³/mol. The van der Waals surface area contributed by atoms with E-state index in [0.29, 0.717) is 13.2 Å². The van der Waals surface area contributed by atoms with E-state index in [-0.39, 0.29) is 28.4 Å². The Kier molecular flexibility index (Phi) is 10.2. The largest absolute Gasteiger partial charge is 0.486 e. The third-order valence-corrected chi connectivity index (χ3v) is 14.1. The first-order valence-electron chi connectivity index (χ1n) is 23.9. The number of anilines is 6. The maximum atomic E-state index is 6.68. The third kappa shape index (κ3) is 7.59. The molecule has 5 heteroatoms. The molecule has 0 saturated carbocycles. The fraction of sp³-hybridized carbons (Fsp3) is 0.311. The molecule has 0 bridgehead atoms. The van der Waals surface area contributed by atoms with Crippen LogP contribution in [0.2, 0.25) is 0 Å². The lowest BCUT2D eigenvalue weighted by atomic mass is 9.33. The zero-order valence-corrected chi connectivity index (χ0v) is 41.4. The van der Waals surface area contributed by atoms with Crippen LogP contribution < -0.4 is 35.7 Å². The summed E-state index contributed by atoms with van der Waals surface area (Å²) in [4.78, 5) is 5.03. The van der Waals surface area contributed by atoms with Gasteiger partial charge in [-0.25, -0.2) is 0 Å². The maximum Gasteiger partial charge on any atom is 0.252 e. The number of benzene rings is 7. The van der Waals surface area contributed by atoms with Crippen LogP contribution in [-0.4, -0.2) is 19.9 Å². The Morgan fingerprint density at radius 1 is 0.409 bits per heavy atom. The second-order valence-corrected chi connectivity index (χ2v) is 23.1. The lowest BCUT2D eigenvalue weighted by molar-refractivity contribution is 0.172. The van der Waals surface area contributed by atoms with Crippen molar-refractivity contribution in [3.8, 4) is 33.8 Å². The molecule has 66 heavy (non-hydrogen) atoms. The molecular formula is C61H65BN2O2. The molecule has 3 heterocycles. The van der Waals surface area contributed by atoms with Crippen LogP contribution in [0.15, 0.2) is 133 Å². The molecule has 0 spiro atoms. The van der Waals surface area contributed by atoms with Crippen LogP contribution in [0.5, 0.6) is 11.5 Å². The van der Waals surface area contributed by atoms with Gasteiger partial charge in [0.2, 0.25) is 0 Å². The molecule has 7 aromatic rings. The molecule has 0 radical (unpaired) electrons. The Bertz CT molecular complexity index is 2930. The van der Waals surface area contributed by atoms with Crippen molar-refractivity contribution in [2.45, 2.75) is 112 Å². The number of rotatable bonds is 4. The smallest absolute Gasteiger partial charge is 0.252 e. The van der Waals surface area contributed by atoms with E-state index in [0.717, 1.165) is 34.2 Å². The fourth-order valence-electron chi connectivity index (χ4n) is 10.2. The first-order valence-corrected chi connectivity index (χ1v) is 23.9. The number of aryl methyl sites for hydroxylation is 1. The molecule has 7 aromatic carbocycles. The molecule has 0 amide bonds. The van der Waals surface area contributed by atoms with Gasteiger partial charge >= 0.3 is 0 Å². The van der Waals surface area contributed by atoms with Gasteiger partial charge in [-0.15, -0.1) is 0 Å². The Hall–Kier alpha value is -6.20. The Balaban J connectivity index is 1.26. The minimum atomic E-state index is -0.0626. The highest BCUT2D eigenvalue weighted by Crippen LogP contribution is 2.51. The van der Waals surface area contributed by atoms with Crippen LogP contribution in [0.1, 0.15) is 111 Å². The van der Waals surface area contributed by atoms with Gasteiger partial charge in [0.05, 0.1) is 5.69 Å². The summed E-state index contributed by atoms with van der Waals surface area (Å²) >= 11 is 0. The fourth-order valence-corrected chi connectivity index (χ4v) is 10.2. The monoisotopic (exact) mass is 869 g/mol. The topological polar surface area (TPSA) is 24.9 Å². The first-order chi connectivity index (χ1) is 31.1. The van der Waals surface area contributed by atoms with Crippen molar-refractivity contribution in [3.05, 3.63) is 161 Å². The van der Waals surface area contributed by atoms with Crippen LogP contribution >= 0.6 is 0 Å². The van der Waals surface area contributed by atoms with Crippen molar-refractivity contribution >= 4 is 57.2 Å². The molecule has 10 rings (SSSR count). The SMILES string of the molecule is Cc1cc2c3c(c1)N(c1ccc(C(C)(C)C)cc1)c1c(ccc4c1OCCO4)B3c1cc(C(C)(C)C)ccc1N2c1cc(-c2ccc(C(C)(C)C)cc2)cc(-c2ccc(C(C)(C)C)cc2)c1. The Morgan fingerprint density at radius 3 is 1.42 bits per heavy atom. The van der Waals surface area contributed by atoms with Crippen molar-refractivity contribution in [3.63, 3.8) is 0 Å². The summed E-state index contributed by atoms with van der Waals surface area (Å²) in [7, 11) is 0. The molecule has 0 unspecified atom stereocenters. The molecule has 0 saturated heterocycles. The summed E-state index contributed by atoms with van der Waals surface area (Å²) in [6, 6.07) is 51.3. The average molecular weight is 869 g/mol. The van der Waals surface area contributed by atoms with Gasteiger partial charge in [0.15, 0.2) is 11.5 Å². The van der Waals surface area contributed by atoms with Gasteiger partial charge in [-0.2, -0.15) is 0 Å². The molecule has 3 aliphatic rings. The highest BCUT2D eigenvalue weighted by Gasteiger charge is 2.46. The predicted octanol–water partition coefficient (Wildman–Crippen LogP) is 14.4. The van der Waals surface area contributed by atoms with Crippen molar-refractivity contribution < 1.29 is 9.47 Å². The molecule has 0 aliphatic carbocycles. The van der Waals surface area contributed by atoms with Gasteiger partial charge in [-0.05, 0) is 150 Å². The van der Waals surface area contributed by atoms with Gasteiger partial charge in [0, 0.05) is 28.4 Å². The lowest BCUT2D eigenvalue weighted by Crippen LogP contribution is -2.61. The summed E-state index contributed by atoms with van der Waals surface area (Å²) in [6.07, 6.45) is 0. The number of hydrogen-bond acceptors (Lipinski definition) is 4. The van der Waals surface area contributed by atoms with E-state index in [1.807, 2.05) is 0 Å². The van der Waals surface area contributed by atoms with Crippen molar-refractivity contribution in [1.29, 1.82) is 0 Å². The third-order valence-electron chi connectivity index (χ3n) is 14.1. The molecule has 4 nitrogen and oxygen atoms in total. The summed E-state index contributed by atoms with van der Waals surface area (Å²) in [5.41, 5.74) is 22.0.